The van der Waals surface area contributed by atoms with Crippen LogP contribution in [0.1, 0.15) is 25.8 Å². The minimum atomic E-state index is -0.112. The molecule has 4 aromatic rings. The molecule has 162 valence electrons. The summed E-state index contributed by atoms with van der Waals surface area (Å²) in [4.78, 5) is 22.6. The number of aromatic nitrogens is 2. The summed E-state index contributed by atoms with van der Waals surface area (Å²) in [5, 5.41) is 0.611. The minimum Gasteiger partial charge on any atom is -0.328 e. The number of nitrogens with zero attached hydrogens (tertiary/aromatic N) is 2. The van der Waals surface area contributed by atoms with Crippen LogP contribution in [-0.2, 0) is 6.54 Å². The molecular formula is C28H29N3O. The summed E-state index contributed by atoms with van der Waals surface area (Å²) in [5.41, 5.74) is 5.93. The number of piperidine rings is 1. The number of benzene rings is 2. The van der Waals surface area contributed by atoms with Gasteiger partial charge in [0.1, 0.15) is 0 Å². The molecule has 1 fully saturated rings. The topological polar surface area (TPSA) is 49.0 Å². The second kappa shape index (κ2) is 8.71. The Hall–Kier alpha value is -3.24. The highest BCUT2D eigenvalue weighted by Gasteiger charge is 2.22. The van der Waals surface area contributed by atoms with Gasteiger partial charge >= 0.3 is 0 Å². The summed E-state index contributed by atoms with van der Waals surface area (Å²) in [5.74, 6) is 1.57. The summed E-state index contributed by atoms with van der Waals surface area (Å²) in [7, 11) is 0. The van der Waals surface area contributed by atoms with Crippen LogP contribution in [0.25, 0.3) is 33.3 Å². The molecule has 2 unspecified atom stereocenters. The molecule has 2 aromatic carbocycles. The maximum atomic E-state index is 12.4. The van der Waals surface area contributed by atoms with Gasteiger partial charge in [0.15, 0.2) is 0 Å². The summed E-state index contributed by atoms with van der Waals surface area (Å²) < 4.78 is 0. The summed E-state index contributed by atoms with van der Waals surface area (Å²) in [6, 6.07) is 22.8. The van der Waals surface area contributed by atoms with Crippen molar-refractivity contribution in [1.29, 1.82) is 0 Å². The van der Waals surface area contributed by atoms with Gasteiger partial charge in [0.25, 0.3) is 5.56 Å². The number of pyridine rings is 2. The third-order valence-corrected chi connectivity index (χ3v) is 6.89. The van der Waals surface area contributed by atoms with E-state index < -0.39 is 0 Å². The Morgan fingerprint density at radius 3 is 2.50 bits per heavy atom. The molecule has 5 rings (SSSR count). The molecule has 0 bridgehead atoms. The first-order valence-electron chi connectivity index (χ1n) is 11.5. The Morgan fingerprint density at radius 1 is 0.969 bits per heavy atom. The van der Waals surface area contributed by atoms with Gasteiger partial charge in [-0.05, 0) is 48.1 Å². The van der Waals surface area contributed by atoms with Crippen LogP contribution in [0.4, 0.5) is 0 Å². The van der Waals surface area contributed by atoms with E-state index in [2.05, 4.69) is 60.1 Å². The maximum Gasteiger partial charge on any atom is 0.257 e. The Kier molecular flexibility index (Phi) is 5.62. The normalized spacial score (nSPS) is 19.3. The average Bonchev–Trinajstić information content (AvgIpc) is 2.82. The molecular weight excluding hydrogens is 394 g/mol. The number of H-pyrrole nitrogens is 1. The predicted octanol–water partition coefficient (Wildman–Crippen LogP) is 5.74. The predicted molar refractivity (Wildman–Crippen MR) is 131 cm³/mol. The quantitative estimate of drug-likeness (QED) is 0.456. The number of fused-ring (bicyclic) bond motifs is 1. The number of rotatable bonds is 4. The van der Waals surface area contributed by atoms with E-state index in [1.807, 2.05) is 30.3 Å². The third kappa shape index (κ3) is 4.11. The molecule has 2 atom stereocenters. The third-order valence-electron chi connectivity index (χ3n) is 6.89. The first-order valence-corrected chi connectivity index (χ1v) is 11.5. The van der Waals surface area contributed by atoms with Gasteiger partial charge in [-0.3, -0.25) is 9.69 Å². The minimum absolute atomic E-state index is 0.112. The van der Waals surface area contributed by atoms with Gasteiger partial charge in [-0.2, -0.15) is 0 Å². The SMILES string of the molecule is CC1CCN(Cc2ccc(-c3nc4cc[nH]c(=O)c4cc3-c3ccccc3)cc2)CC1C. The van der Waals surface area contributed by atoms with Gasteiger partial charge in [-0.25, -0.2) is 4.98 Å². The molecule has 1 aliphatic rings. The van der Waals surface area contributed by atoms with E-state index in [0.29, 0.717) is 10.9 Å². The van der Waals surface area contributed by atoms with Crippen LogP contribution < -0.4 is 5.56 Å². The largest absolute Gasteiger partial charge is 0.328 e. The van der Waals surface area contributed by atoms with E-state index >= 15 is 0 Å². The monoisotopic (exact) mass is 423 g/mol. The Balaban J connectivity index is 1.50. The van der Waals surface area contributed by atoms with Crippen molar-refractivity contribution in [3.63, 3.8) is 0 Å². The van der Waals surface area contributed by atoms with Gasteiger partial charge in [-0.15, -0.1) is 0 Å². The van der Waals surface area contributed by atoms with Crippen LogP contribution in [-0.4, -0.2) is 28.0 Å². The Bertz CT molecular complexity index is 1280. The first-order chi connectivity index (χ1) is 15.6. The van der Waals surface area contributed by atoms with E-state index in [1.165, 1.54) is 25.1 Å². The summed E-state index contributed by atoms with van der Waals surface area (Å²) in [6.07, 6.45) is 2.94. The maximum absolute atomic E-state index is 12.4. The average molecular weight is 424 g/mol. The van der Waals surface area contributed by atoms with Crippen molar-refractivity contribution in [2.24, 2.45) is 11.8 Å². The van der Waals surface area contributed by atoms with E-state index in [4.69, 9.17) is 4.98 Å². The lowest BCUT2D eigenvalue weighted by Gasteiger charge is -2.35. The van der Waals surface area contributed by atoms with Crippen LogP contribution in [0, 0.1) is 11.8 Å². The van der Waals surface area contributed by atoms with Crippen LogP contribution in [0.15, 0.2) is 77.7 Å². The van der Waals surface area contributed by atoms with Gasteiger partial charge < -0.3 is 4.98 Å². The van der Waals surface area contributed by atoms with Crippen molar-refractivity contribution in [3.05, 3.63) is 88.8 Å². The zero-order valence-electron chi connectivity index (χ0n) is 18.7. The number of likely N-dealkylation sites (tertiary alicyclic amines) is 1. The zero-order chi connectivity index (χ0) is 22.1. The first kappa shape index (κ1) is 20.7. The molecule has 0 aliphatic carbocycles. The second-order valence-corrected chi connectivity index (χ2v) is 9.17. The number of nitrogens with one attached hydrogen (secondary N) is 1. The van der Waals surface area contributed by atoms with Crippen LogP contribution in [0.2, 0.25) is 0 Å². The fourth-order valence-corrected chi connectivity index (χ4v) is 4.69. The van der Waals surface area contributed by atoms with Crippen molar-refractivity contribution in [2.45, 2.75) is 26.8 Å². The molecule has 3 heterocycles. The number of hydrogen-bond donors (Lipinski definition) is 1. The smallest absolute Gasteiger partial charge is 0.257 e. The summed E-state index contributed by atoms with van der Waals surface area (Å²) >= 11 is 0. The lowest BCUT2D eigenvalue weighted by atomic mass is 9.88. The van der Waals surface area contributed by atoms with Gasteiger partial charge in [-0.1, -0.05) is 68.4 Å². The Morgan fingerprint density at radius 2 is 1.75 bits per heavy atom. The van der Waals surface area contributed by atoms with E-state index in [0.717, 1.165) is 40.8 Å². The van der Waals surface area contributed by atoms with E-state index in [-0.39, 0.29) is 5.56 Å². The van der Waals surface area contributed by atoms with Crippen molar-refractivity contribution in [3.8, 4) is 22.4 Å². The number of hydrogen-bond acceptors (Lipinski definition) is 3. The van der Waals surface area contributed by atoms with Crippen molar-refractivity contribution < 1.29 is 0 Å². The molecule has 0 spiro atoms. The molecule has 0 amide bonds. The lowest BCUT2D eigenvalue weighted by molar-refractivity contribution is 0.132. The highest BCUT2D eigenvalue weighted by Crippen LogP contribution is 2.33. The van der Waals surface area contributed by atoms with Gasteiger partial charge in [0.2, 0.25) is 0 Å². The molecule has 1 aliphatic heterocycles. The van der Waals surface area contributed by atoms with Crippen LogP contribution in [0.5, 0.6) is 0 Å². The molecule has 0 radical (unpaired) electrons. The zero-order valence-corrected chi connectivity index (χ0v) is 18.7. The van der Waals surface area contributed by atoms with E-state index in [1.54, 1.807) is 6.20 Å². The van der Waals surface area contributed by atoms with Crippen molar-refractivity contribution >= 4 is 10.9 Å². The molecule has 2 aromatic heterocycles. The molecule has 32 heavy (non-hydrogen) atoms. The van der Waals surface area contributed by atoms with Gasteiger partial charge in [0.05, 0.1) is 16.6 Å². The highest BCUT2D eigenvalue weighted by molar-refractivity contribution is 5.91. The lowest BCUT2D eigenvalue weighted by Crippen LogP contribution is -2.37. The van der Waals surface area contributed by atoms with Crippen molar-refractivity contribution in [2.75, 3.05) is 13.1 Å². The van der Waals surface area contributed by atoms with Crippen LogP contribution in [0.3, 0.4) is 0 Å². The molecule has 1 saturated heterocycles. The standard InChI is InChI=1S/C28H29N3O/c1-19-13-15-31(17-20(19)2)18-21-8-10-23(11-9-21)27-24(22-6-4-3-5-7-22)16-25-26(30-27)12-14-29-28(25)32/h3-12,14,16,19-20H,13,15,17-18H2,1-2H3,(H,29,32). The molecule has 0 saturated carbocycles. The fraction of sp³-hybridized carbons (Fsp3) is 0.286. The van der Waals surface area contributed by atoms with E-state index in [9.17, 15) is 4.79 Å². The number of aromatic amines is 1. The molecule has 4 nitrogen and oxygen atoms in total. The summed E-state index contributed by atoms with van der Waals surface area (Å²) in [6.45, 7) is 8.06. The van der Waals surface area contributed by atoms with Crippen LogP contribution >= 0.6 is 0 Å². The highest BCUT2D eigenvalue weighted by atomic mass is 16.1. The van der Waals surface area contributed by atoms with Gasteiger partial charge in [0, 0.05) is 30.4 Å². The fourth-order valence-electron chi connectivity index (χ4n) is 4.69. The Labute approximate surface area is 189 Å². The molecule has 1 N–H and O–H groups in total. The van der Waals surface area contributed by atoms with Crippen molar-refractivity contribution in [1.82, 2.24) is 14.9 Å². The molecule has 4 heteroatoms. The second-order valence-electron chi connectivity index (χ2n) is 9.17.